The smallest absolute Gasteiger partial charge is 0.338 e. The number of carbonyl (C=O) groups is 2. The molecule has 0 aliphatic carbocycles. The van der Waals surface area contributed by atoms with Crippen molar-refractivity contribution in [2.45, 2.75) is 27.0 Å². The molecule has 35 heavy (non-hydrogen) atoms. The normalized spacial score (nSPS) is 10.5. The Morgan fingerprint density at radius 2 is 1.80 bits per heavy atom. The molecule has 10 heteroatoms. The van der Waals surface area contributed by atoms with Crippen LogP contribution < -0.4 is 21.1 Å². The first-order valence-electron chi connectivity index (χ1n) is 10.6. The molecule has 9 nitrogen and oxygen atoms in total. The fraction of sp³-hybridized carbons (Fsp3) is 0.240. The van der Waals surface area contributed by atoms with Crippen LogP contribution in [-0.4, -0.2) is 31.2 Å². The van der Waals surface area contributed by atoms with Crippen LogP contribution in [0.15, 0.2) is 47.3 Å². The van der Waals surface area contributed by atoms with Gasteiger partial charge in [0.25, 0.3) is 5.56 Å². The number of hydrogen-bond donors (Lipinski definition) is 3. The molecule has 2 amide bonds. The number of methoxy groups -OCH3 is 1. The zero-order chi connectivity index (χ0) is 25.5. The van der Waals surface area contributed by atoms with Gasteiger partial charge in [-0.2, -0.15) is 0 Å². The highest BCUT2D eigenvalue weighted by Crippen LogP contribution is 2.31. The van der Waals surface area contributed by atoms with Crippen LogP contribution in [0.5, 0.6) is 5.75 Å². The topological polar surface area (TPSA) is 119 Å². The van der Waals surface area contributed by atoms with Crippen molar-refractivity contribution in [3.63, 3.8) is 0 Å². The molecule has 0 aliphatic rings. The molecule has 0 radical (unpaired) electrons. The predicted octanol–water partition coefficient (Wildman–Crippen LogP) is 3.52. The summed E-state index contributed by atoms with van der Waals surface area (Å²) < 4.78 is 24.7. The first-order chi connectivity index (χ1) is 16.7. The first kappa shape index (κ1) is 25.4. The van der Waals surface area contributed by atoms with E-state index in [-0.39, 0.29) is 30.0 Å². The average molecular weight is 483 g/mol. The van der Waals surface area contributed by atoms with Crippen molar-refractivity contribution < 1.29 is 28.3 Å². The van der Waals surface area contributed by atoms with Crippen molar-refractivity contribution in [2.24, 2.45) is 0 Å². The standard InChI is InChI=1S/C25H26FN3O6/c1-14-5-6-16(24(31)33-3)11-20(14)22-21(9-15(2)28-23(22)30)35-13-17-7-8-19(26)10-18(17)12-27-25(32)29-34-4/h5-11H,12-13H2,1-4H3,(H,28,30)(H2,27,29,32). The number of pyridine rings is 1. The highest BCUT2D eigenvalue weighted by Gasteiger charge is 2.18. The quantitative estimate of drug-likeness (QED) is 0.333. The summed E-state index contributed by atoms with van der Waals surface area (Å²) in [6.45, 7) is 3.55. The number of hydroxylamine groups is 1. The molecule has 0 fully saturated rings. The number of urea groups is 1. The number of carbonyl (C=O) groups excluding carboxylic acids is 2. The molecule has 0 unspecified atom stereocenters. The van der Waals surface area contributed by atoms with Gasteiger partial charge in [-0.1, -0.05) is 12.1 Å². The Labute approximate surface area is 201 Å². The summed E-state index contributed by atoms with van der Waals surface area (Å²) in [4.78, 5) is 44.0. The molecule has 0 atom stereocenters. The third-order valence-corrected chi connectivity index (χ3v) is 5.25. The number of halogens is 1. The lowest BCUT2D eigenvalue weighted by Crippen LogP contribution is -2.34. The lowest BCUT2D eigenvalue weighted by atomic mass is 9.98. The minimum Gasteiger partial charge on any atom is -0.488 e. The third kappa shape index (κ3) is 6.24. The highest BCUT2D eigenvalue weighted by atomic mass is 19.1. The van der Waals surface area contributed by atoms with Crippen molar-refractivity contribution >= 4 is 12.0 Å². The molecule has 0 bridgehead atoms. The summed E-state index contributed by atoms with van der Waals surface area (Å²) in [5, 5.41) is 2.55. The number of aryl methyl sites for hydroxylation is 2. The lowest BCUT2D eigenvalue weighted by molar-refractivity contribution is 0.0600. The van der Waals surface area contributed by atoms with E-state index in [0.29, 0.717) is 27.9 Å². The molecule has 3 aromatic rings. The van der Waals surface area contributed by atoms with Crippen LogP contribution in [0.3, 0.4) is 0 Å². The Morgan fingerprint density at radius 1 is 1.03 bits per heavy atom. The second kappa shape index (κ2) is 11.3. The Kier molecular flexibility index (Phi) is 8.21. The van der Waals surface area contributed by atoms with Crippen molar-refractivity contribution in [3.05, 3.63) is 86.6 Å². The SMILES string of the molecule is CONC(=O)NCc1cc(F)ccc1COc1cc(C)[nH]c(=O)c1-c1cc(C(=O)OC)ccc1C. The maximum Gasteiger partial charge on any atom is 0.338 e. The van der Waals surface area contributed by atoms with Gasteiger partial charge in [-0.05, 0) is 60.4 Å². The van der Waals surface area contributed by atoms with E-state index in [1.54, 1.807) is 37.3 Å². The highest BCUT2D eigenvalue weighted by molar-refractivity contribution is 5.91. The largest absolute Gasteiger partial charge is 0.488 e. The van der Waals surface area contributed by atoms with Crippen molar-refractivity contribution in [3.8, 4) is 16.9 Å². The van der Waals surface area contributed by atoms with Crippen LogP contribution in [0.1, 0.15) is 32.7 Å². The Balaban J connectivity index is 1.96. The Morgan fingerprint density at radius 3 is 2.51 bits per heavy atom. The second-order valence-corrected chi connectivity index (χ2v) is 7.73. The molecule has 0 saturated heterocycles. The van der Waals surface area contributed by atoms with E-state index in [4.69, 9.17) is 9.47 Å². The predicted molar refractivity (Wildman–Crippen MR) is 126 cm³/mol. The number of ether oxygens (including phenoxy) is 2. The van der Waals surface area contributed by atoms with Gasteiger partial charge in [0.1, 0.15) is 18.2 Å². The summed E-state index contributed by atoms with van der Waals surface area (Å²) >= 11 is 0. The molecule has 0 spiro atoms. The lowest BCUT2D eigenvalue weighted by Gasteiger charge is -2.16. The monoisotopic (exact) mass is 483 g/mol. The van der Waals surface area contributed by atoms with E-state index < -0.39 is 17.8 Å². The molecule has 1 heterocycles. The van der Waals surface area contributed by atoms with E-state index >= 15 is 0 Å². The van der Waals surface area contributed by atoms with Gasteiger partial charge < -0.3 is 19.8 Å². The molecule has 2 aromatic carbocycles. The van der Waals surface area contributed by atoms with Crippen LogP contribution >= 0.6 is 0 Å². The van der Waals surface area contributed by atoms with E-state index in [9.17, 15) is 18.8 Å². The first-order valence-corrected chi connectivity index (χ1v) is 10.6. The van der Waals surface area contributed by atoms with Crippen molar-refractivity contribution in [1.29, 1.82) is 0 Å². The van der Waals surface area contributed by atoms with Gasteiger partial charge in [-0.15, -0.1) is 0 Å². The fourth-order valence-electron chi connectivity index (χ4n) is 3.52. The summed E-state index contributed by atoms with van der Waals surface area (Å²) in [5.41, 5.74) is 5.22. The Bertz CT molecular complexity index is 1300. The van der Waals surface area contributed by atoms with Crippen LogP contribution in [0.2, 0.25) is 0 Å². The summed E-state index contributed by atoms with van der Waals surface area (Å²) in [7, 11) is 2.58. The number of aromatic nitrogens is 1. The van der Waals surface area contributed by atoms with E-state index in [2.05, 4.69) is 20.6 Å². The number of H-pyrrole nitrogens is 1. The number of rotatable bonds is 8. The molecule has 184 valence electrons. The van der Waals surface area contributed by atoms with E-state index in [1.807, 2.05) is 6.92 Å². The average Bonchev–Trinajstić information content (AvgIpc) is 2.82. The molecule has 0 aliphatic heterocycles. The zero-order valence-corrected chi connectivity index (χ0v) is 19.8. The second-order valence-electron chi connectivity index (χ2n) is 7.73. The molecule has 3 rings (SSSR count). The van der Waals surface area contributed by atoms with Gasteiger partial charge in [0.15, 0.2) is 0 Å². The molecular weight excluding hydrogens is 457 g/mol. The van der Waals surface area contributed by atoms with Crippen LogP contribution in [0.4, 0.5) is 9.18 Å². The maximum atomic E-state index is 13.9. The van der Waals surface area contributed by atoms with Crippen LogP contribution in [0, 0.1) is 19.7 Å². The molecule has 1 aromatic heterocycles. The number of amides is 2. The van der Waals surface area contributed by atoms with Gasteiger partial charge in [0.05, 0.1) is 25.3 Å². The molecular formula is C25H26FN3O6. The van der Waals surface area contributed by atoms with Gasteiger partial charge in [0, 0.05) is 18.3 Å². The van der Waals surface area contributed by atoms with Crippen LogP contribution in [-0.2, 0) is 22.7 Å². The summed E-state index contributed by atoms with van der Waals surface area (Å²) in [6, 6.07) is 10.1. The Hall–Kier alpha value is -4.18. The van der Waals surface area contributed by atoms with Gasteiger partial charge >= 0.3 is 12.0 Å². The summed E-state index contributed by atoms with van der Waals surface area (Å²) in [6.07, 6.45) is 0. The number of hydrogen-bond acceptors (Lipinski definition) is 6. The zero-order valence-electron chi connectivity index (χ0n) is 19.8. The number of benzene rings is 2. The minimum absolute atomic E-state index is 0.00514. The van der Waals surface area contributed by atoms with Gasteiger partial charge in [0.2, 0.25) is 0 Å². The molecule has 3 N–H and O–H groups in total. The van der Waals surface area contributed by atoms with Gasteiger partial charge in [-0.3, -0.25) is 9.63 Å². The number of nitrogens with one attached hydrogen (secondary N) is 3. The summed E-state index contributed by atoms with van der Waals surface area (Å²) in [5.74, 6) is -0.712. The van der Waals surface area contributed by atoms with E-state index in [1.165, 1.54) is 26.4 Å². The van der Waals surface area contributed by atoms with Crippen LogP contribution in [0.25, 0.3) is 11.1 Å². The van der Waals surface area contributed by atoms with Crippen molar-refractivity contribution in [2.75, 3.05) is 14.2 Å². The maximum absolute atomic E-state index is 13.9. The fourth-order valence-corrected chi connectivity index (χ4v) is 3.52. The van der Waals surface area contributed by atoms with Crippen molar-refractivity contribution in [1.82, 2.24) is 15.8 Å². The van der Waals surface area contributed by atoms with E-state index in [0.717, 1.165) is 5.56 Å². The number of esters is 1. The third-order valence-electron chi connectivity index (χ3n) is 5.25. The minimum atomic E-state index is -0.586. The number of aromatic amines is 1. The van der Waals surface area contributed by atoms with Gasteiger partial charge in [-0.25, -0.2) is 19.5 Å². The molecule has 0 saturated carbocycles.